The minimum atomic E-state index is -1.36. The number of rotatable bonds is 3. The van der Waals surface area contributed by atoms with Gasteiger partial charge in [0.1, 0.15) is 18.0 Å². The molecule has 2 aromatic rings. The van der Waals surface area contributed by atoms with Gasteiger partial charge in [0, 0.05) is 12.3 Å². The molecule has 1 aromatic heterocycles. The fourth-order valence-corrected chi connectivity index (χ4v) is 3.20. The second-order valence-electron chi connectivity index (χ2n) is 6.20. The van der Waals surface area contributed by atoms with E-state index in [1.807, 2.05) is 0 Å². The Morgan fingerprint density at radius 3 is 2.58 bits per heavy atom. The number of amides is 1. The van der Waals surface area contributed by atoms with Crippen molar-refractivity contribution < 1.29 is 19.4 Å². The lowest BCUT2D eigenvalue weighted by Gasteiger charge is -2.38. The maximum absolute atomic E-state index is 13.7. The number of hydrogen-bond acceptors (Lipinski definition) is 5. The first-order chi connectivity index (χ1) is 12.4. The molecule has 0 spiro atoms. The van der Waals surface area contributed by atoms with Crippen molar-refractivity contribution in [2.45, 2.75) is 37.1 Å². The minimum Gasteiger partial charge on any atom is -0.388 e. The molecule has 0 saturated heterocycles. The molecule has 1 fully saturated rings. The summed E-state index contributed by atoms with van der Waals surface area (Å²) in [7, 11) is 0. The van der Waals surface area contributed by atoms with Crippen LogP contribution >= 0.6 is 0 Å². The molecule has 138 valence electrons. The Morgan fingerprint density at radius 2 is 1.88 bits per heavy atom. The first-order valence-corrected chi connectivity index (χ1v) is 8.11. The maximum Gasteiger partial charge on any atom is 0.328 e. The molecule has 1 aliphatic carbocycles. The molecule has 26 heavy (non-hydrogen) atoms. The van der Waals surface area contributed by atoms with E-state index in [0.717, 1.165) is 16.7 Å². The van der Waals surface area contributed by atoms with E-state index in [1.165, 1.54) is 24.4 Å². The van der Waals surface area contributed by atoms with Crippen molar-refractivity contribution in [3.8, 4) is 0 Å². The van der Waals surface area contributed by atoms with Crippen molar-refractivity contribution in [1.82, 2.24) is 14.9 Å². The van der Waals surface area contributed by atoms with Crippen LogP contribution in [-0.4, -0.2) is 43.9 Å². The average Bonchev–Trinajstić information content (AvgIpc) is 2.60. The number of aliphatic hydroxyl groups excluding tert-OH is 2. The summed E-state index contributed by atoms with van der Waals surface area (Å²) in [5.74, 6) is -1.38. The van der Waals surface area contributed by atoms with Gasteiger partial charge in [-0.2, -0.15) is 0 Å². The van der Waals surface area contributed by atoms with Gasteiger partial charge in [-0.25, -0.2) is 9.18 Å². The van der Waals surface area contributed by atoms with E-state index in [4.69, 9.17) is 0 Å². The highest BCUT2D eigenvalue weighted by molar-refractivity contribution is 5.94. The van der Waals surface area contributed by atoms with Crippen LogP contribution in [0.2, 0.25) is 0 Å². The quantitative estimate of drug-likeness (QED) is 0.587. The maximum atomic E-state index is 13.7. The molecule has 0 radical (unpaired) electrons. The highest BCUT2D eigenvalue weighted by Gasteiger charge is 2.39. The Kier molecular flexibility index (Phi) is 5.01. The lowest BCUT2D eigenvalue weighted by Crippen LogP contribution is -2.55. The van der Waals surface area contributed by atoms with Crippen LogP contribution in [0, 0.1) is 5.82 Å². The van der Waals surface area contributed by atoms with E-state index in [9.17, 15) is 29.0 Å². The number of aromatic nitrogens is 2. The zero-order valence-corrected chi connectivity index (χ0v) is 13.6. The molecule has 4 atom stereocenters. The number of nitrogens with zero attached hydrogens (tertiary/aromatic N) is 1. The zero-order valence-electron chi connectivity index (χ0n) is 13.6. The third-order valence-corrected chi connectivity index (χ3v) is 4.57. The highest BCUT2D eigenvalue weighted by atomic mass is 19.1. The second-order valence-corrected chi connectivity index (χ2v) is 6.20. The molecule has 3 rings (SSSR count). The number of carbonyl (C=O) groups is 1. The molecule has 8 nitrogen and oxygen atoms in total. The Hall–Kier alpha value is -2.78. The van der Waals surface area contributed by atoms with Gasteiger partial charge in [-0.15, -0.1) is 0 Å². The lowest BCUT2D eigenvalue weighted by molar-refractivity contribution is -0.0570. The number of hydrogen-bond donors (Lipinski definition) is 4. The van der Waals surface area contributed by atoms with E-state index in [0.29, 0.717) is 0 Å². The van der Waals surface area contributed by atoms with E-state index < -0.39 is 47.3 Å². The van der Waals surface area contributed by atoms with Crippen LogP contribution in [0.3, 0.4) is 0 Å². The summed E-state index contributed by atoms with van der Waals surface area (Å²) in [6.07, 6.45) is -0.928. The van der Waals surface area contributed by atoms with Crippen molar-refractivity contribution in [2.75, 3.05) is 0 Å². The highest BCUT2D eigenvalue weighted by Crippen LogP contribution is 2.28. The normalized spacial score (nSPS) is 25.7. The molecule has 1 saturated carbocycles. The van der Waals surface area contributed by atoms with Crippen LogP contribution in [0.1, 0.15) is 29.2 Å². The molecule has 9 heteroatoms. The number of nitrogens with one attached hydrogen (secondary N) is 2. The summed E-state index contributed by atoms with van der Waals surface area (Å²) in [6, 6.07) is 5.04. The van der Waals surface area contributed by atoms with Crippen LogP contribution in [0.25, 0.3) is 0 Å². The third-order valence-electron chi connectivity index (χ3n) is 4.57. The molecule has 0 aliphatic heterocycles. The molecule has 1 heterocycles. The van der Waals surface area contributed by atoms with Gasteiger partial charge in [0.25, 0.3) is 11.5 Å². The van der Waals surface area contributed by atoms with Crippen molar-refractivity contribution in [1.29, 1.82) is 0 Å². The fourth-order valence-electron chi connectivity index (χ4n) is 3.20. The van der Waals surface area contributed by atoms with Crippen molar-refractivity contribution >= 4 is 5.91 Å². The standard InChI is InChI=1S/C17H18FN3O5/c18-10-4-2-1-3-9(10)16(25)19-11-5-6-12(15(24)14(11)23)21-8-7-13(22)20-17(21)26/h1-4,7-8,11-12,14-15,23-24H,5-6H2,(H,19,25)(H,20,22,26)/t11-,12-,14-,15-/m1/s1. The molecule has 4 N–H and O–H groups in total. The third kappa shape index (κ3) is 3.44. The smallest absolute Gasteiger partial charge is 0.328 e. The fraction of sp³-hybridized carbons (Fsp3) is 0.353. The van der Waals surface area contributed by atoms with Gasteiger partial charge in [-0.1, -0.05) is 12.1 Å². The topological polar surface area (TPSA) is 124 Å². The first kappa shape index (κ1) is 18.0. The number of H-pyrrole nitrogens is 1. The van der Waals surface area contributed by atoms with Crippen molar-refractivity contribution in [2.24, 2.45) is 0 Å². The van der Waals surface area contributed by atoms with Crippen molar-refractivity contribution in [3.63, 3.8) is 0 Å². The van der Waals surface area contributed by atoms with Gasteiger partial charge in [-0.3, -0.25) is 19.1 Å². The summed E-state index contributed by atoms with van der Waals surface area (Å²) in [6.45, 7) is 0. The number of carbonyl (C=O) groups excluding carboxylic acids is 1. The van der Waals surface area contributed by atoms with Crippen molar-refractivity contribution in [3.05, 3.63) is 68.7 Å². The van der Waals surface area contributed by atoms with Gasteiger partial charge in [0.2, 0.25) is 0 Å². The number of aromatic amines is 1. The van der Waals surface area contributed by atoms with E-state index in [2.05, 4.69) is 10.3 Å². The molecular formula is C17H18FN3O5. The Bertz CT molecular complexity index is 925. The second kappa shape index (κ2) is 7.22. The minimum absolute atomic E-state index is 0.159. The van der Waals surface area contributed by atoms with Gasteiger partial charge in [-0.05, 0) is 25.0 Å². The Morgan fingerprint density at radius 1 is 1.15 bits per heavy atom. The monoisotopic (exact) mass is 363 g/mol. The lowest BCUT2D eigenvalue weighted by atomic mass is 9.85. The Labute approximate surface area is 146 Å². The number of halogens is 1. The predicted octanol–water partition coefficient (Wildman–Crippen LogP) is -0.469. The van der Waals surface area contributed by atoms with E-state index >= 15 is 0 Å². The summed E-state index contributed by atoms with van der Waals surface area (Å²) in [5, 5.41) is 23.2. The van der Waals surface area contributed by atoms with Crippen LogP contribution < -0.4 is 16.6 Å². The summed E-state index contributed by atoms with van der Waals surface area (Å²) in [5.41, 5.74) is -1.41. The SMILES string of the molecule is O=C(N[C@@H]1CC[C@@H](n2ccc(=O)[nH]c2=O)[C@@H](O)[C@@H]1O)c1ccccc1F. The van der Waals surface area contributed by atoms with Gasteiger partial charge >= 0.3 is 5.69 Å². The van der Waals surface area contributed by atoms with Gasteiger partial charge in [0.05, 0.1) is 17.6 Å². The molecular weight excluding hydrogens is 345 g/mol. The van der Waals surface area contributed by atoms with Crippen LogP contribution in [0.15, 0.2) is 46.1 Å². The average molecular weight is 363 g/mol. The van der Waals surface area contributed by atoms with E-state index in [-0.39, 0.29) is 18.4 Å². The first-order valence-electron chi connectivity index (χ1n) is 8.11. The summed E-state index contributed by atoms with van der Waals surface area (Å²) < 4.78 is 14.8. The summed E-state index contributed by atoms with van der Waals surface area (Å²) in [4.78, 5) is 37.3. The molecule has 0 bridgehead atoms. The van der Waals surface area contributed by atoms with E-state index in [1.54, 1.807) is 0 Å². The predicted molar refractivity (Wildman–Crippen MR) is 89.3 cm³/mol. The molecule has 1 aliphatic rings. The molecule has 1 amide bonds. The van der Waals surface area contributed by atoms with Gasteiger partial charge in [0.15, 0.2) is 0 Å². The zero-order chi connectivity index (χ0) is 18.8. The largest absolute Gasteiger partial charge is 0.388 e. The number of aliphatic hydroxyl groups is 2. The van der Waals surface area contributed by atoms with Crippen LogP contribution in [0.5, 0.6) is 0 Å². The van der Waals surface area contributed by atoms with Crippen LogP contribution in [-0.2, 0) is 0 Å². The Balaban J connectivity index is 1.74. The number of benzene rings is 1. The molecule has 1 aromatic carbocycles. The van der Waals surface area contributed by atoms with Gasteiger partial charge < -0.3 is 15.5 Å². The van der Waals surface area contributed by atoms with Crippen LogP contribution in [0.4, 0.5) is 4.39 Å². The summed E-state index contributed by atoms with van der Waals surface area (Å²) >= 11 is 0. The molecule has 0 unspecified atom stereocenters.